The Labute approximate surface area is 215 Å². The highest BCUT2D eigenvalue weighted by molar-refractivity contribution is 6.24. The molecule has 0 fully saturated rings. The van der Waals surface area contributed by atoms with Crippen LogP contribution in [0.4, 0.5) is 11.4 Å². The number of anilines is 1. The first-order valence-electron chi connectivity index (χ1n) is 12.3. The molecule has 3 aromatic rings. The molecular weight excluding hydrogens is 470 g/mol. The van der Waals surface area contributed by atoms with Gasteiger partial charge in [0.2, 0.25) is 12.7 Å². The standard InChI is InChI=1S/C29H29N3O5/c1-4-32(5-2)16-18-6-10-21(11-7-18)30-27(19-9-13-24-25(15-19)37-17-36-24)26-22-12-8-20(29(34)35-3)14-23(22)31-28(26)33/h6-15,26H,4-5,16-17H2,1-3H3,(H,31,33). The van der Waals surface area contributed by atoms with Crippen molar-refractivity contribution in [2.75, 3.05) is 32.3 Å². The third-order valence-corrected chi connectivity index (χ3v) is 6.73. The number of carbonyl (C=O) groups excluding carboxylic acids is 2. The molecule has 37 heavy (non-hydrogen) atoms. The molecule has 2 aliphatic rings. The van der Waals surface area contributed by atoms with E-state index in [0.717, 1.165) is 36.4 Å². The van der Waals surface area contributed by atoms with E-state index in [-0.39, 0.29) is 12.7 Å². The second-order valence-electron chi connectivity index (χ2n) is 8.91. The molecule has 1 amide bonds. The van der Waals surface area contributed by atoms with Gasteiger partial charge in [-0.25, -0.2) is 4.79 Å². The number of esters is 1. The lowest BCUT2D eigenvalue weighted by Gasteiger charge is -2.18. The van der Waals surface area contributed by atoms with Gasteiger partial charge in [-0.2, -0.15) is 0 Å². The molecule has 0 saturated carbocycles. The number of ether oxygens (including phenoxy) is 3. The van der Waals surface area contributed by atoms with E-state index >= 15 is 0 Å². The molecule has 1 unspecified atom stereocenters. The summed E-state index contributed by atoms with van der Waals surface area (Å²) in [5, 5.41) is 2.91. The van der Waals surface area contributed by atoms with E-state index in [4.69, 9.17) is 19.2 Å². The van der Waals surface area contributed by atoms with Crippen LogP contribution in [0.5, 0.6) is 11.5 Å². The topological polar surface area (TPSA) is 89.5 Å². The number of methoxy groups -OCH3 is 1. The Morgan fingerprint density at radius 2 is 1.73 bits per heavy atom. The second kappa shape index (κ2) is 10.4. The number of hydrogen-bond acceptors (Lipinski definition) is 7. The Kier molecular flexibility index (Phi) is 6.92. The molecule has 0 aromatic heterocycles. The van der Waals surface area contributed by atoms with Gasteiger partial charge in [-0.3, -0.25) is 14.7 Å². The summed E-state index contributed by atoms with van der Waals surface area (Å²) in [7, 11) is 1.33. The summed E-state index contributed by atoms with van der Waals surface area (Å²) in [6, 6.07) is 18.7. The number of benzene rings is 3. The third kappa shape index (κ3) is 4.93. The number of rotatable bonds is 8. The molecule has 2 aliphatic heterocycles. The van der Waals surface area contributed by atoms with E-state index in [2.05, 4.69) is 36.2 Å². The van der Waals surface area contributed by atoms with E-state index in [1.807, 2.05) is 30.3 Å². The van der Waals surface area contributed by atoms with Crippen LogP contribution < -0.4 is 14.8 Å². The van der Waals surface area contributed by atoms with Crippen LogP contribution in [-0.4, -0.2) is 49.5 Å². The molecule has 0 bridgehead atoms. The first-order valence-corrected chi connectivity index (χ1v) is 12.3. The third-order valence-electron chi connectivity index (χ3n) is 6.73. The summed E-state index contributed by atoms with van der Waals surface area (Å²) in [5.41, 5.74) is 4.95. The monoisotopic (exact) mass is 499 g/mol. The zero-order valence-corrected chi connectivity index (χ0v) is 21.1. The Balaban J connectivity index is 1.55. The second-order valence-corrected chi connectivity index (χ2v) is 8.91. The van der Waals surface area contributed by atoms with Crippen LogP contribution in [0.3, 0.4) is 0 Å². The van der Waals surface area contributed by atoms with Gasteiger partial charge in [-0.15, -0.1) is 0 Å². The molecule has 0 spiro atoms. The Morgan fingerprint density at radius 3 is 2.46 bits per heavy atom. The predicted octanol–water partition coefficient (Wildman–Crippen LogP) is 4.90. The number of carbonyl (C=O) groups is 2. The van der Waals surface area contributed by atoms with Crippen LogP contribution >= 0.6 is 0 Å². The van der Waals surface area contributed by atoms with Crippen LogP contribution in [0.1, 0.15) is 46.8 Å². The van der Waals surface area contributed by atoms with Crippen molar-refractivity contribution in [3.63, 3.8) is 0 Å². The molecule has 3 aromatic carbocycles. The minimum atomic E-state index is -0.669. The van der Waals surface area contributed by atoms with Crippen molar-refractivity contribution >= 4 is 29.0 Å². The summed E-state index contributed by atoms with van der Waals surface area (Å²) in [6.45, 7) is 7.29. The van der Waals surface area contributed by atoms with Crippen LogP contribution in [0.2, 0.25) is 0 Å². The quantitative estimate of drug-likeness (QED) is 0.350. The van der Waals surface area contributed by atoms with Gasteiger partial charge in [-0.1, -0.05) is 32.0 Å². The summed E-state index contributed by atoms with van der Waals surface area (Å²) < 4.78 is 15.9. The summed E-state index contributed by atoms with van der Waals surface area (Å²) in [6.07, 6.45) is 0. The van der Waals surface area contributed by atoms with Gasteiger partial charge in [0.05, 0.1) is 24.1 Å². The van der Waals surface area contributed by atoms with Crippen molar-refractivity contribution < 1.29 is 23.8 Å². The lowest BCUT2D eigenvalue weighted by molar-refractivity contribution is -0.115. The molecule has 0 aliphatic carbocycles. The van der Waals surface area contributed by atoms with Gasteiger partial charge in [0.15, 0.2) is 11.5 Å². The van der Waals surface area contributed by atoms with Crippen LogP contribution in [0, 0.1) is 0 Å². The lowest BCUT2D eigenvalue weighted by Crippen LogP contribution is -2.22. The fraction of sp³-hybridized carbons (Fsp3) is 0.276. The maximum atomic E-state index is 13.3. The van der Waals surface area contributed by atoms with Gasteiger partial charge in [0.25, 0.3) is 0 Å². The van der Waals surface area contributed by atoms with E-state index < -0.39 is 11.9 Å². The van der Waals surface area contributed by atoms with Gasteiger partial charge >= 0.3 is 5.97 Å². The Bertz CT molecular complexity index is 1360. The zero-order valence-electron chi connectivity index (χ0n) is 21.1. The molecule has 190 valence electrons. The fourth-order valence-electron chi connectivity index (χ4n) is 4.65. The molecule has 1 atom stereocenters. The average molecular weight is 500 g/mol. The number of fused-ring (bicyclic) bond motifs is 2. The number of nitrogens with one attached hydrogen (secondary N) is 1. The maximum Gasteiger partial charge on any atom is 0.337 e. The normalized spacial score (nSPS) is 16.1. The van der Waals surface area contributed by atoms with Crippen molar-refractivity contribution in [1.29, 1.82) is 0 Å². The number of amides is 1. The molecule has 8 heteroatoms. The number of aliphatic imine (C=N–C) groups is 1. The van der Waals surface area contributed by atoms with Gasteiger partial charge in [-0.05, 0) is 66.7 Å². The highest BCUT2D eigenvalue weighted by Gasteiger charge is 2.36. The molecule has 0 radical (unpaired) electrons. The van der Waals surface area contributed by atoms with Crippen LogP contribution in [0.25, 0.3) is 0 Å². The Hall–Kier alpha value is -4.17. The van der Waals surface area contributed by atoms with Gasteiger partial charge in [0, 0.05) is 17.8 Å². The zero-order chi connectivity index (χ0) is 25.9. The van der Waals surface area contributed by atoms with Crippen LogP contribution in [0.15, 0.2) is 65.7 Å². The lowest BCUT2D eigenvalue weighted by atomic mass is 9.90. The van der Waals surface area contributed by atoms with E-state index in [9.17, 15) is 9.59 Å². The van der Waals surface area contributed by atoms with Gasteiger partial charge < -0.3 is 19.5 Å². The highest BCUT2D eigenvalue weighted by Crippen LogP contribution is 2.39. The predicted molar refractivity (Wildman–Crippen MR) is 141 cm³/mol. The number of nitrogens with zero attached hydrogens (tertiary/aromatic N) is 2. The van der Waals surface area contributed by atoms with Crippen LogP contribution in [-0.2, 0) is 16.1 Å². The van der Waals surface area contributed by atoms with E-state index in [1.165, 1.54) is 12.7 Å². The molecule has 5 rings (SSSR count). The molecule has 8 nitrogen and oxygen atoms in total. The smallest absolute Gasteiger partial charge is 0.337 e. The van der Waals surface area contributed by atoms with Crippen molar-refractivity contribution in [3.05, 3.63) is 82.9 Å². The summed E-state index contributed by atoms with van der Waals surface area (Å²) in [4.78, 5) is 32.6. The van der Waals surface area contributed by atoms with E-state index in [1.54, 1.807) is 18.2 Å². The van der Waals surface area contributed by atoms with Crippen molar-refractivity contribution in [1.82, 2.24) is 4.90 Å². The molecular formula is C29H29N3O5. The van der Waals surface area contributed by atoms with Crippen molar-refractivity contribution in [3.8, 4) is 11.5 Å². The van der Waals surface area contributed by atoms with Gasteiger partial charge in [0.1, 0.15) is 5.92 Å². The molecule has 2 heterocycles. The average Bonchev–Trinajstić information content (AvgIpc) is 3.53. The largest absolute Gasteiger partial charge is 0.465 e. The van der Waals surface area contributed by atoms with E-state index in [0.29, 0.717) is 28.5 Å². The number of hydrogen-bond donors (Lipinski definition) is 1. The minimum Gasteiger partial charge on any atom is -0.465 e. The maximum absolute atomic E-state index is 13.3. The first kappa shape index (κ1) is 24.5. The van der Waals surface area contributed by atoms with Crippen molar-refractivity contribution in [2.24, 2.45) is 4.99 Å². The highest BCUT2D eigenvalue weighted by atomic mass is 16.7. The minimum absolute atomic E-state index is 0.155. The Morgan fingerprint density at radius 1 is 1.00 bits per heavy atom. The van der Waals surface area contributed by atoms with Crippen molar-refractivity contribution in [2.45, 2.75) is 26.3 Å². The first-order chi connectivity index (χ1) is 18.0. The fourth-order valence-corrected chi connectivity index (χ4v) is 4.65. The molecule has 0 saturated heterocycles. The summed E-state index contributed by atoms with van der Waals surface area (Å²) >= 11 is 0. The molecule has 1 N–H and O–H groups in total. The summed E-state index contributed by atoms with van der Waals surface area (Å²) in [5.74, 6) is -0.0822. The SMILES string of the molecule is CCN(CC)Cc1ccc(N=C(c2ccc3c(c2)OCO3)C2C(=O)Nc3cc(C(=O)OC)ccc32)cc1.